The predicted molar refractivity (Wildman–Crippen MR) is 66.3 cm³/mol. The lowest BCUT2D eigenvalue weighted by molar-refractivity contribution is 0.826. The Labute approximate surface area is 92.1 Å². The van der Waals surface area contributed by atoms with E-state index in [-0.39, 0.29) is 0 Å². The molecule has 2 heteroatoms. The van der Waals surface area contributed by atoms with E-state index < -0.39 is 0 Å². The van der Waals surface area contributed by atoms with Gasteiger partial charge in [-0.1, -0.05) is 39.8 Å². The predicted octanol–water partition coefficient (Wildman–Crippen LogP) is 3.80. The van der Waals surface area contributed by atoms with Gasteiger partial charge in [0.1, 0.15) is 0 Å². The summed E-state index contributed by atoms with van der Waals surface area (Å²) in [6, 6.07) is 4.26. The Morgan fingerprint density at radius 3 is 1.86 bits per heavy atom. The van der Waals surface area contributed by atoms with Crippen molar-refractivity contribution in [1.29, 1.82) is 0 Å². The van der Waals surface area contributed by atoms with Gasteiger partial charge in [0.2, 0.25) is 0 Å². The summed E-state index contributed by atoms with van der Waals surface area (Å²) < 4.78 is 0. The van der Waals surface area contributed by atoms with Gasteiger partial charge in [-0.15, -0.1) is 12.6 Å². The quantitative estimate of drug-likeness (QED) is 0.562. The summed E-state index contributed by atoms with van der Waals surface area (Å²) >= 11 is 4.49. The molecule has 0 atom stereocenters. The van der Waals surface area contributed by atoms with Gasteiger partial charge in [-0.3, -0.25) is 0 Å². The van der Waals surface area contributed by atoms with Crippen molar-refractivity contribution in [3.8, 4) is 0 Å². The SMILES string of the molecule is CC(C)c1ccc(C(C)C)c(S)c1N. The minimum absolute atomic E-state index is 0.460. The minimum Gasteiger partial charge on any atom is -0.398 e. The van der Waals surface area contributed by atoms with Crippen LogP contribution in [0.25, 0.3) is 0 Å². The minimum atomic E-state index is 0.460. The van der Waals surface area contributed by atoms with Crippen molar-refractivity contribution in [3.05, 3.63) is 23.3 Å². The molecule has 0 saturated heterocycles. The zero-order chi connectivity index (χ0) is 10.9. The molecule has 1 aromatic rings. The van der Waals surface area contributed by atoms with E-state index in [1.165, 1.54) is 11.1 Å². The lowest BCUT2D eigenvalue weighted by atomic mass is 9.95. The van der Waals surface area contributed by atoms with Crippen LogP contribution in [0.15, 0.2) is 17.0 Å². The Hall–Kier alpha value is -0.630. The van der Waals surface area contributed by atoms with Gasteiger partial charge in [0.25, 0.3) is 0 Å². The lowest BCUT2D eigenvalue weighted by Gasteiger charge is -2.16. The number of nitrogen functional groups attached to an aromatic ring is 1. The Morgan fingerprint density at radius 1 is 1.00 bits per heavy atom. The highest BCUT2D eigenvalue weighted by molar-refractivity contribution is 7.80. The number of anilines is 1. The van der Waals surface area contributed by atoms with Crippen molar-refractivity contribution in [1.82, 2.24) is 0 Å². The highest BCUT2D eigenvalue weighted by atomic mass is 32.1. The van der Waals surface area contributed by atoms with Crippen LogP contribution >= 0.6 is 12.6 Å². The fourth-order valence-electron chi connectivity index (χ4n) is 1.61. The van der Waals surface area contributed by atoms with Crippen molar-refractivity contribution >= 4 is 18.3 Å². The molecule has 1 rings (SSSR count). The molecule has 1 nitrogen and oxygen atoms in total. The van der Waals surface area contributed by atoms with E-state index in [2.05, 4.69) is 52.5 Å². The van der Waals surface area contributed by atoms with Crippen LogP contribution in [-0.2, 0) is 0 Å². The molecule has 0 aromatic heterocycles. The van der Waals surface area contributed by atoms with Gasteiger partial charge in [0.15, 0.2) is 0 Å². The summed E-state index contributed by atoms with van der Waals surface area (Å²) in [7, 11) is 0. The topological polar surface area (TPSA) is 26.0 Å². The molecule has 0 fully saturated rings. The number of benzene rings is 1. The number of hydrogen-bond donors (Lipinski definition) is 2. The summed E-state index contributed by atoms with van der Waals surface area (Å²) in [6.45, 7) is 8.61. The molecular formula is C12H19NS. The van der Waals surface area contributed by atoms with Gasteiger partial charge in [-0.05, 0) is 23.0 Å². The molecule has 0 saturated carbocycles. The molecule has 0 heterocycles. The van der Waals surface area contributed by atoms with E-state index in [0.29, 0.717) is 11.8 Å². The molecule has 0 amide bonds. The molecule has 78 valence electrons. The van der Waals surface area contributed by atoms with Crippen LogP contribution in [0.1, 0.15) is 50.7 Å². The first-order chi connectivity index (χ1) is 6.45. The monoisotopic (exact) mass is 209 g/mol. The second-order valence-electron chi connectivity index (χ2n) is 4.32. The second kappa shape index (κ2) is 4.26. The van der Waals surface area contributed by atoms with Crippen LogP contribution in [-0.4, -0.2) is 0 Å². The third kappa shape index (κ3) is 2.06. The van der Waals surface area contributed by atoms with E-state index in [0.717, 1.165) is 10.6 Å². The third-order valence-corrected chi connectivity index (χ3v) is 3.03. The van der Waals surface area contributed by atoms with Crippen LogP contribution in [0.5, 0.6) is 0 Å². The zero-order valence-electron chi connectivity index (χ0n) is 9.33. The third-order valence-electron chi connectivity index (χ3n) is 2.53. The number of nitrogens with two attached hydrogens (primary N) is 1. The van der Waals surface area contributed by atoms with Crippen LogP contribution in [0, 0.1) is 0 Å². The molecule has 0 spiro atoms. The second-order valence-corrected chi connectivity index (χ2v) is 4.76. The fourth-order valence-corrected chi connectivity index (χ4v) is 2.07. The standard InChI is InChI=1S/C12H19NS/c1-7(2)9-5-6-10(8(3)4)12(14)11(9)13/h5-8,14H,13H2,1-4H3. The summed E-state index contributed by atoms with van der Waals surface area (Å²) in [4.78, 5) is 0.950. The fraction of sp³-hybridized carbons (Fsp3) is 0.500. The maximum atomic E-state index is 6.05. The molecule has 1 aromatic carbocycles. The highest BCUT2D eigenvalue weighted by Gasteiger charge is 2.12. The molecular weight excluding hydrogens is 190 g/mol. The van der Waals surface area contributed by atoms with E-state index in [1.54, 1.807) is 0 Å². The van der Waals surface area contributed by atoms with Crippen molar-refractivity contribution in [2.24, 2.45) is 0 Å². The van der Waals surface area contributed by atoms with E-state index in [1.807, 2.05) is 0 Å². The van der Waals surface area contributed by atoms with Gasteiger partial charge in [-0.25, -0.2) is 0 Å². The van der Waals surface area contributed by atoms with Crippen LogP contribution in [0.4, 0.5) is 5.69 Å². The summed E-state index contributed by atoms with van der Waals surface area (Å²) in [5.74, 6) is 0.938. The van der Waals surface area contributed by atoms with Gasteiger partial charge in [0.05, 0.1) is 0 Å². The van der Waals surface area contributed by atoms with Crippen molar-refractivity contribution in [2.45, 2.75) is 44.4 Å². The van der Waals surface area contributed by atoms with Crippen LogP contribution in [0.2, 0.25) is 0 Å². The first-order valence-electron chi connectivity index (χ1n) is 5.06. The molecule has 0 aliphatic rings. The summed E-state index contributed by atoms with van der Waals surface area (Å²) in [5.41, 5.74) is 9.31. The molecule has 0 aliphatic carbocycles. The van der Waals surface area contributed by atoms with Gasteiger partial charge in [0, 0.05) is 10.6 Å². The molecule has 0 radical (unpaired) electrons. The Balaban J connectivity index is 3.26. The zero-order valence-corrected chi connectivity index (χ0v) is 10.2. The first-order valence-corrected chi connectivity index (χ1v) is 5.51. The summed E-state index contributed by atoms with van der Waals surface area (Å²) in [6.07, 6.45) is 0. The molecule has 0 unspecified atom stereocenters. The average molecular weight is 209 g/mol. The normalized spacial score (nSPS) is 11.4. The molecule has 2 N–H and O–H groups in total. The Morgan fingerprint density at radius 2 is 1.43 bits per heavy atom. The number of rotatable bonds is 2. The summed E-state index contributed by atoms with van der Waals surface area (Å²) in [5, 5.41) is 0. The number of thiol groups is 1. The van der Waals surface area contributed by atoms with Crippen molar-refractivity contribution in [3.63, 3.8) is 0 Å². The smallest absolute Gasteiger partial charge is 0.0487 e. The molecule has 14 heavy (non-hydrogen) atoms. The van der Waals surface area contributed by atoms with E-state index >= 15 is 0 Å². The molecule has 0 bridgehead atoms. The van der Waals surface area contributed by atoms with E-state index in [4.69, 9.17) is 5.73 Å². The maximum absolute atomic E-state index is 6.05. The van der Waals surface area contributed by atoms with Gasteiger partial charge >= 0.3 is 0 Å². The van der Waals surface area contributed by atoms with Gasteiger partial charge in [-0.2, -0.15) is 0 Å². The number of hydrogen-bond acceptors (Lipinski definition) is 2. The Bertz CT molecular complexity index is 296. The van der Waals surface area contributed by atoms with Gasteiger partial charge < -0.3 is 5.73 Å². The lowest BCUT2D eigenvalue weighted by Crippen LogP contribution is -2.01. The van der Waals surface area contributed by atoms with Crippen molar-refractivity contribution < 1.29 is 0 Å². The highest BCUT2D eigenvalue weighted by Crippen LogP contribution is 2.33. The first kappa shape index (κ1) is 11.4. The van der Waals surface area contributed by atoms with Crippen LogP contribution < -0.4 is 5.73 Å². The van der Waals surface area contributed by atoms with E-state index in [9.17, 15) is 0 Å². The van der Waals surface area contributed by atoms with Crippen LogP contribution in [0.3, 0.4) is 0 Å². The molecule has 0 aliphatic heterocycles. The van der Waals surface area contributed by atoms with Crippen molar-refractivity contribution in [2.75, 3.05) is 5.73 Å². The maximum Gasteiger partial charge on any atom is 0.0487 e. The average Bonchev–Trinajstić information content (AvgIpc) is 2.08. The largest absolute Gasteiger partial charge is 0.398 e. The Kier molecular flexibility index (Phi) is 3.48.